The molecule has 0 saturated heterocycles. The Hall–Kier alpha value is -1.36. The predicted octanol–water partition coefficient (Wildman–Crippen LogP) is 1.40. The maximum Gasteiger partial charge on any atom is 0.222 e. The molecule has 1 rings (SSSR count). The molecule has 0 fully saturated rings. The zero-order chi connectivity index (χ0) is 11.8. The second kappa shape index (κ2) is 7.00. The van der Waals surface area contributed by atoms with Crippen LogP contribution < -0.4 is 5.32 Å². The van der Waals surface area contributed by atoms with Gasteiger partial charge in [-0.05, 0) is 13.3 Å². The van der Waals surface area contributed by atoms with Crippen LogP contribution in [-0.2, 0) is 9.53 Å². The van der Waals surface area contributed by atoms with E-state index >= 15 is 0 Å². The lowest BCUT2D eigenvalue weighted by Gasteiger charge is -2.14. The van der Waals surface area contributed by atoms with Gasteiger partial charge in [0.1, 0.15) is 5.82 Å². The Morgan fingerprint density at radius 3 is 3.00 bits per heavy atom. The minimum Gasteiger partial charge on any atom is -0.381 e. The Morgan fingerprint density at radius 2 is 2.44 bits per heavy atom. The second-order valence-corrected chi connectivity index (χ2v) is 3.45. The smallest absolute Gasteiger partial charge is 0.222 e. The molecular weight excluding hydrogens is 206 g/mol. The van der Waals surface area contributed by atoms with Crippen molar-refractivity contribution in [2.45, 2.75) is 32.7 Å². The quantitative estimate of drug-likeness (QED) is 0.689. The third kappa shape index (κ3) is 4.02. The standard InChI is InChI=1S/C11H19N3O2/c1-3-9(11-12-6-7-13-11)14-10(15)5-8-16-4-2/h6-7,9H,3-5,8H2,1-2H3,(H,12,13)(H,14,15). The minimum absolute atomic E-state index is 0.00306. The molecule has 1 aromatic rings. The number of nitrogens with zero attached hydrogens (tertiary/aromatic N) is 1. The van der Waals surface area contributed by atoms with Gasteiger partial charge in [-0.15, -0.1) is 0 Å². The lowest BCUT2D eigenvalue weighted by Crippen LogP contribution is -2.29. The summed E-state index contributed by atoms with van der Waals surface area (Å²) in [7, 11) is 0. The predicted molar refractivity (Wildman–Crippen MR) is 60.9 cm³/mol. The van der Waals surface area contributed by atoms with Crippen LogP contribution in [0.5, 0.6) is 0 Å². The van der Waals surface area contributed by atoms with Crippen molar-refractivity contribution in [3.05, 3.63) is 18.2 Å². The number of hydrogen-bond acceptors (Lipinski definition) is 3. The molecule has 5 heteroatoms. The zero-order valence-corrected chi connectivity index (χ0v) is 9.82. The van der Waals surface area contributed by atoms with Gasteiger partial charge in [-0.1, -0.05) is 6.92 Å². The van der Waals surface area contributed by atoms with Crippen molar-refractivity contribution in [2.24, 2.45) is 0 Å². The van der Waals surface area contributed by atoms with Gasteiger partial charge in [-0.3, -0.25) is 4.79 Å². The highest BCUT2D eigenvalue weighted by Gasteiger charge is 2.14. The number of hydrogen-bond donors (Lipinski definition) is 2. The van der Waals surface area contributed by atoms with Crippen LogP contribution in [0.4, 0.5) is 0 Å². The Labute approximate surface area is 95.6 Å². The molecule has 1 aromatic heterocycles. The van der Waals surface area contributed by atoms with Gasteiger partial charge >= 0.3 is 0 Å². The van der Waals surface area contributed by atoms with Gasteiger partial charge in [-0.2, -0.15) is 0 Å². The molecule has 0 aliphatic carbocycles. The van der Waals surface area contributed by atoms with E-state index in [1.807, 2.05) is 13.8 Å². The van der Waals surface area contributed by atoms with E-state index in [0.717, 1.165) is 12.2 Å². The van der Waals surface area contributed by atoms with Crippen LogP contribution in [0.25, 0.3) is 0 Å². The molecule has 1 atom stereocenters. The Balaban J connectivity index is 2.36. The monoisotopic (exact) mass is 225 g/mol. The van der Waals surface area contributed by atoms with Crippen molar-refractivity contribution in [1.29, 1.82) is 0 Å². The summed E-state index contributed by atoms with van der Waals surface area (Å²) in [5.41, 5.74) is 0. The highest BCUT2D eigenvalue weighted by Crippen LogP contribution is 2.11. The summed E-state index contributed by atoms with van der Waals surface area (Å²) in [6, 6.07) is -0.0378. The van der Waals surface area contributed by atoms with E-state index in [1.54, 1.807) is 12.4 Å². The number of imidazole rings is 1. The number of H-pyrrole nitrogens is 1. The summed E-state index contributed by atoms with van der Waals surface area (Å²) in [4.78, 5) is 18.7. The summed E-state index contributed by atoms with van der Waals surface area (Å²) >= 11 is 0. The third-order valence-corrected chi connectivity index (χ3v) is 2.27. The fourth-order valence-electron chi connectivity index (χ4n) is 1.41. The lowest BCUT2D eigenvalue weighted by molar-refractivity contribution is -0.123. The van der Waals surface area contributed by atoms with Crippen LogP contribution in [-0.4, -0.2) is 29.1 Å². The first-order chi connectivity index (χ1) is 7.77. The molecule has 16 heavy (non-hydrogen) atoms. The van der Waals surface area contributed by atoms with Gasteiger partial charge in [0, 0.05) is 25.4 Å². The molecule has 0 bridgehead atoms. The van der Waals surface area contributed by atoms with Gasteiger partial charge in [0.2, 0.25) is 5.91 Å². The SMILES string of the molecule is CCOCCC(=O)NC(CC)c1ncc[nH]1. The molecule has 1 amide bonds. The Bertz CT molecular complexity index is 298. The Morgan fingerprint density at radius 1 is 1.62 bits per heavy atom. The summed E-state index contributed by atoms with van der Waals surface area (Å²) in [6.45, 7) is 5.03. The first-order valence-corrected chi connectivity index (χ1v) is 5.64. The molecule has 0 radical (unpaired) electrons. The van der Waals surface area contributed by atoms with Gasteiger partial charge in [0.25, 0.3) is 0 Å². The number of amides is 1. The fourth-order valence-corrected chi connectivity index (χ4v) is 1.41. The molecule has 0 saturated carbocycles. The second-order valence-electron chi connectivity index (χ2n) is 3.45. The minimum atomic E-state index is -0.0378. The molecule has 2 N–H and O–H groups in total. The van der Waals surface area contributed by atoms with Crippen LogP contribution in [0, 0.1) is 0 Å². The maximum atomic E-state index is 11.5. The average Bonchev–Trinajstić information content (AvgIpc) is 2.79. The number of aromatic amines is 1. The summed E-state index contributed by atoms with van der Waals surface area (Å²) in [5, 5.41) is 2.92. The van der Waals surface area contributed by atoms with Crippen LogP contribution in [0.2, 0.25) is 0 Å². The Kier molecular flexibility index (Phi) is 5.56. The summed E-state index contributed by atoms with van der Waals surface area (Å²) < 4.78 is 5.13. The number of rotatable bonds is 7. The molecule has 1 heterocycles. The summed E-state index contributed by atoms with van der Waals surface area (Å²) in [6.07, 6.45) is 4.65. The van der Waals surface area contributed by atoms with Gasteiger partial charge in [-0.25, -0.2) is 4.98 Å². The highest BCUT2D eigenvalue weighted by atomic mass is 16.5. The molecule has 0 aliphatic rings. The molecule has 0 spiro atoms. The van der Waals surface area contributed by atoms with Gasteiger partial charge < -0.3 is 15.0 Å². The number of aromatic nitrogens is 2. The number of carbonyl (C=O) groups is 1. The lowest BCUT2D eigenvalue weighted by atomic mass is 10.2. The maximum absolute atomic E-state index is 11.5. The normalized spacial score (nSPS) is 12.4. The van der Waals surface area contributed by atoms with Crippen molar-refractivity contribution < 1.29 is 9.53 Å². The van der Waals surface area contributed by atoms with Crippen molar-refractivity contribution in [2.75, 3.05) is 13.2 Å². The zero-order valence-electron chi connectivity index (χ0n) is 9.82. The van der Waals surface area contributed by atoms with Crippen LogP contribution in [0.3, 0.4) is 0 Å². The van der Waals surface area contributed by atoms with E-state index < -0.39 is 0 Å². The van der Waals surface area contributed by atoms with Crippen molar-refractivity contribution in [1.82, 2.24) is 15.3 Å². The van der Waals surface area contributed by atoms with E-state index in [4.69, 9.17) is 4.74 Å². The highest BCUT2D eigenvalue weighted by molar-refractivity contribution is 5.76. The van der Waals surface area contributed by atoms with E-state index in [9.17, 15) is 4.79 Å². The van der Waals surface area contributed by atoms with Crippen molar-refractivity contribution in [3.63, 3.8) is 0 Å². The van der Waals surface area contributed by atoms with Gasteiger partial charge in [0.15, 0.2) is 0 Å². The summed E-state index contributed by atoms with van der Waals surface area (Å²) in [5.74, 6) is 0.795. The van der Waals surface area contributed by atoms with Gasteiger partial charge in [0.05, 0.1) is 12.6 Å². The largest absolute Gasteiger partial charge is 0.381 e. The number of nitrogens with one attached hydrogen (secondary N) is 2. The number of carbonyl (C=O) groups excluding carboxylic acids is 1. The average molecular weight is 225 g/mol. The number of ether oxygens (including phenoxy) is 1. The molecular formula is C11H19N3O2. The van der Waals surface area contributed by atoms with Crippen LogP contribution in [0.15, 0.2) is 12.4 Å². The van der Waals surface area contributed by atoms with Crippen LogP contribution >= 0.6 is 0 Å². The molecule has 0 aliphatic heterocycles. The first-order valence-electron chi connectivity index (χ1n) is 5.64. The van der Waals surface area contributed by atoms with E-state index in [2.05, 4.69) is 15.3 Å². The van der Waals surface area contributed by atoms with E-state index in [-0.39, 0.29) is 11.9 Å². The third-order valence-electron chi connectivity index (χ3n) is 2.27. The molecule has 90 valence electrons. The molecule has 0 aromatic carbocycles. The topological polar surface area (TPSA) is 67.0 Å². The fraction of sp³-hybridized carbons (Fsp3) is 0.636. The van der Waals surface area contributed by atoms with E-state index in [1.165, 1.54) is 0 Å². The van der Waals surface area contributed by atoms with Crippen molar-refractivity contribution >= 4 is 5.91 Å². The molecule has 1 unspecified atom stereocenters. The van der Waals surface area contributed by atoms with Crippen molar-refractivity contribution in [3.8, 4) is 0 Å². The first kappa shape index (κ1) is 12.7. The molecule has 5 nitrogen and oxygen atoms in total. The van der Waals surface area contributed by atoms with E-state index in [0.29, 0.717) is 19.6 Å². The van der Waals surface area contributed by atoms with Crippen LogP contribution in [0.1, 0.15) is 38.6 Å².